The lowest BCUT2D eigenvalue weighted by Crippen LogP contribution is -1.97. The summed E-state index contributed by atoms with van der Waals surface area (Å²) >= 11 is 0. The van der Waals surface area contributed by atoms with Gasteiger partial charge in [-0.05, 0) is 122 Å². The summed E-state index contributed by atoms with van der Waals surface area (Å²) in [7, 11) is 0. The van der Waals surface area contributed by atoms with Crippen molar-refractivity contribution >= 4 is 55.8 Å². The molecule has 0 aliphatic rings. The van der Waals surface area contributed by atoms with E-state index in [9.17, 15) is 0 Å². The van der Waals surface area contributed by atoms with Crippen molar-refractivity contribution in [1.29, 1.82) is 0 Å². The fourth-order valence-electron chi connectivity index (χ4n) is 8.51. The first-order chi connectivity index (χ1) is 27.4. The highest BCUT2D eigenvalue weighted by Crippen LogP contribution is 2.38. The predicted octanol–water partition coefficient (Wildman–Crippen LogP) is 14.6. The first-order valence-electron chi connectivity index (χ1n) is 19.5. The second kappa shape index (κ2) is 13.4. The summed E-state index contributed by atoms with van der Waals surface area (Å²) in [5, 5.41) is 5.20. The third-order valence-corrected chi connectivity index (χ3v) is 11.4. The van der Waals surface area contributed by atoms with E-state index >= 15 is 0 Å². The molecule has 2 heteroatoms. The normalized spacial score (nSPS) is 11.9. The Balaban J connectivity index is 0.896. The maximum absolute atomic E-state index is 2.43. The molecule has 2 aromatic heterocycles. The van der Waals surface area contributed by atoms with Gasteiger partial charge in [-0.2, -0.15) is 0 Å². The lowest BCUT2D eigenvalue weighted by molar-refractivity contribution is 1.18. The average molecular weight is 719 g/mol. The minimum atomic E-state index is 1.17. The number of hydrogen-bond acceptors (Lipinski definition) is 0. The van der Waals surface area contributed by atoms with Crippen molar-refractivity contribution in [3.05, 3.63) is 203 Å². The molecule has 10 rings (SSSR count). The van der Waals surface area contributed by atoms with Gasteiger partial charge in [0, 0.05) is 32.8 Å². The Bertz CT molecular complexity index is 3010. The van der Waals surface area contributed by atoms with Crippen LogP contribution in [0.3, 0.4) is 0 Å². The van der Waals surface area contributed by atoms with E-state index in [0.717, 1.165) is 0 Å². The van der Waals surface area contributed by atoms with Crippen molar-refractivity contribution in [2.45, 2.75) is 27.7 Å². The summed E-state index contributed by atoms with van der Waals surface area (Å²) in [6.45, 7) is 8.68. The summed E-state index contributed by atoms with van der Waals surface area (Å²) in [5.74, 6) is 0. The summed E-state index contributed by atoms with van der Waals surface area (Å²) < 4.78 is 4.82. The molecule has 0 atom stereocenters. The van der Waals surface area contributed by atoms with Gasteiger partial charge in [0.25, 0.3) is 0 Å². The molecule has 8 aromatic carbocycles. The number of fused-ring (bicyclic) bond motifs is 6. The smallest absolute Gasteiger partial charge is 0.0541 e. The van der Waals surface area contributed by atoms with Crippen LogP contribution >= 0.6 is 0 Å². The van der Waals surface area contributed by atoms with E-state index in [1.807, 2.05) is 0 Å². The van der Waals surface area contributed by atoms with E-state index in [1.54, 1.807) is 0 Å². The maximum atomic E-state index is 2.43. The zero-order valence-electron chi connectivity index (χ0n) is 32.2. The largest absolute Gasteiger partial charge is 0.309 e. The zero-order valence-corrected chi connectivity index (χ0v) is 32.2. The van der Waals surface area contributed by atoms with Gasteiger partial charge in [0.15, 0.2) is 0 Å². The number of rotatable bonds is 6. The van der Waals surface area contributed by atoms with Crippen LogP contribution < -0.4 is 0 Å². The van der Waals surface area contributed by atoms with Crippen molar-refractivity contribution in [3.8, 4) is 33.6 Å². The first-order valence-corrected chi connectivity index (χ1v) is 19.5. The van der Waals surface area contributed by atoms with E-state index in [4.69, 9.17) is 0 Å². The molecule has 56 heavy (non-hydrogen) atoms. The summed E-state index contributed by atoms with van der Waals surface area (Å²) in [4.78, 5) is 0. The van der Waals surface area contributed by atoms with Crippen molar-refractivity contribution in [3.63, 3.8) is 0 Å². The topological polar surface area (TPSA) is 9.86 Å². The zero-order chi connectivity index (χ0) is 37.9. The molecule has 0 radical (unpaired) electrons. The quantitative estimate of drug-likeness (QED) is 0.152. The van der Waals surface area contributed by atoms with Gasteiger partial charge in [-0.25, -0.2) is 0 Å². The molecule has 0 saturated carbocycles. The molecule has 0 N–H and O–H groups in total. The van der Waals surface area contributed by atoms with Gasteiger partial charge in [0.1, 0.15) is 0 Å². The number of aryl methyl sites for hydroxylation is 4. The second-order valence-electron chi connectivity index (χ2n) is 15.4. The number of nitrogens with zero attached hydrogens (tertiary/aromatic N) is 2. The van der Waals surface area contributed by atoms with E-state index in [0.29, 0.717) is 0 Å². The van der Waals surface area contributed by atoms with Gasteiger partial charge in [-0.1, -0.05) is 138 Å². The van der Waals surface area contributed by atoms with E-state index in [2.05, 4.69) is 219 Å². The fourth-order valence-corrected chi connectivity index (χ4v) is 8.51. The molecule has 0 aliphatic heterocycles. The Hall–Kier alpha value is -6.90. The van der Waals surface area contributed by atoms with Gasteiger partial charge in [-0.15, -0.1) is 0 Å². The van der Waals surface area contributed by atoms with Crippen molar-refractivity contribution in [2.24, 2.45) is 0 Å². The lowest BCUT2D eigenvalue weighted by Gasteiger charge is -2.14. The molecule has 2 nitrogen and oxygen atoms in total. The Labute approximate surface area is 328 Å². The van der Waals surface area contributed by atoms with Gasteiger partial charge in [0.05, 0.1) is 27.8 Å². The lowest BCUT2D eigenvalue weighted by atomic mass is 10.0. The van der Waals surface area contributed by atoms with Gasteiger partial charge in [0.2, 0.25) is 0 Å². The Morgan fingerprint density at radius 1 is 0.339 bits per heavy atom. The molecular weight excluding hydrogens is 677 g/mol. The van der Waals surface area contributed by atoms with Gasteiger partial charge < -0.3 is 9.13 Å². The van der Waals surface area contributed by atoms with Gasteiger partial charge >= 0.3 is 0 Å². The van der Waals surface area contributed by atoms with E-state index < -0.39 is 0 Å². The third-order valence-electron chi connectivity index (χ3n) is 11.4. The molecule has 10 aromatic rings. The molecule has 0 bridgehead atoms. The maximum Gasteiger partial charge on any atom is 0.0541 e. The molecule has 0 aliphatic carbocycles. The molecule has 2 heterocycles. The number of benzene rings is 8. The van der Waals surface area contributed by atoms with Crippen LogP contribution in [0.5, 0.6) is 0 Å². The van der Waals surface area contributed by atoms with Crippen molar-refractivity contribution < 1.29 is 0 Å². The minimum absolute atomic E-state index is 1.17. The van der Waals surface area contributed by atoms with Crippen LogP contribution in [-0.2, 0) is 0 Å². The SMILES string of the molecule is Cc1ccc2c(c1)c1cc(C)ccc1n2-c1ccc(-c2ccc(C=Cc3ccc(-c4ccccc4-n4c5ccc(C)cc5c5cc(C)ccc54)cc3)cc2)cc1. The summed E-state index contributed by atoms with van der Waals surface area (Å²) in [5.41, 5.74) is 19.6. The second-order valence-corrected chi connectivity index (χ2v) is 15.4. The Morgan fingerprint density at radius 3 is 1.16 bits per heavy atom. The predicted molar refractivity (Wildman–Crippen MR) is 240 cm³/mol. The van der Waals surface area contributed by atoms with E-state index in [-0.39, 0.29) is 0 Å². The Kier molecular flexibility index (Phi) is 8.08. The molecule has 0 fully saturated rings. The summed E-state index contributed by atoms with van der Waals surface area (Å²) in [6, 6.07) is 62.6. The minimum Gasteiger partial charge on any atom is -0.309 e. The number of hydrogen-bond donors (Lipinski definition) is 0. The van der Waals surface area contributed by atoms with Crippen LogP contribution in [0.1, 0.15) is 33.4 Å². The fraction of sp³-hybridized carbons (Fsp3) is 0.0741. The van der Waals surface area contributed by atoms with Crippen molar-refractivity contribution in [2.75, 3.05) is 0 Å². The third kappa shape index (κ3) is 5.82. The molecule has 0 spiro atoms. The van der Waals surface area contributed by atoms with E-state index in [1.165, 1.54) is 111 Å². The van der Waals surface area contributed by atoms with Crippen LogP contribution in [0.15, 0.2) is 170 Å². The van der Waals surface area contributed by atoms with Crippen LogP contribution in [0, 0.1) is 27.7 Å². The number of aromatic nitrogens is 2. The highest BCUT2D eigenvalue weighted by molar-refractivity contribution is 6.11. The van der Waals surface area contributed by atoms with Crippen LogP contribution in [0.25, 0.3) is 89.4 Å². The highest BCUT2D eigenvalue weighted by Gasteiger charge is 2.16. The molecule has 0 saturated heterocycles. The van der Waals surface area contributed by atoms with Crippen molar-refractivity contribution in [1.82, 2.24) is 9.13 Å². The van der Waals surface area contributed by atoms with Crippen LogP contribution in [-0.4, -0.2) is 9.13 Å². The first kappa shape index (κ1) is 33.7. The standard InChI is InChI=1S/C54H42N2/c1-35-9-27-51-46(31-35)47-32-36(2)10-28-52(47)55(51)44-25-23-42(24-26-44)41-19-15-39(16-20-41)13-14-40-17-21-43(22-18-40)45-7-5-6-8-50(45)56-53-29-11-37(3)33-48(53)49-34-38(4)12-30-54(49)56/h5-34H,1-4H3. The monoisotopic (exact) mass is 718 g/mol. The molecule has 268 valence electrons. The average Bonchev–Trinajstić information content (AvgIpc) is 3.71. The van der Waals surface area contributed by atoms with Crippen LogP contribution in [0.4, 0.5) is 0 Å². The Morgan fingerprint density at radius 2 is 0.714 bits per heavy atom. The number of para-hydroxylation sites is 1. The highest BCUT2D eigenvalue weighted by atomic mass is 15.0. The summed E-state index contributed by atoms with van der Waals surface area (Å²) in [6.07, 6.45) is 4.40. The molecule has 0 amide bonds. The van der Waals surface area contributed by atoms with Crippen LogP contribution in [0.2, 0.25) is 0 Å². The molecule has 0 unspecified atom stereocenters. The van der Waals surface area contributed by atoms with Gasteiger partial charge in [-0.3, -0.25) is 0 Å². The molecular formula is C54H42N2.